The summed E-state index contributed by atoms with van der Waals surface area (Å²) in [7, 11) is 0. The van der Waals surface area contributed by atoms with E-state index in [1.54, 1.807) is 0 Å². The highest BCUT2D eigenvalue weighted by Crippen LogP contribution is 2.21. The number of aryl methyl sites for hydroxylation is 3. The molecule has 0 aliphatic heterocycles. The van der Waals surface area contributed by atoms with E-state index in [-0.39, 0.29) is 0 Å². The first kappa shape index (κ1) is 15.4. The van der Waals surface area contributed by atoms with Crippen molar-refractivity contribution in [3.8, 4) is 11.8 Å². The fraction of sp³-hybridized carbons (Fsp3) is 0.412. The minimum atomic E-state index is 0.394. The monoisotopic (exact) mass is 285 g/mol. The second-order valence-electron chi connectivity index (χ2n) is 5.72. The fourth-order valence-electron chi connectivity index (χ4n) is 2.10. The number of aromatic nitrogens is 2. The van der Waals surface area contributed by atoms with Gasteiger partial charge in [-0.1, -0.05) is 19.9 Å². The molecule has 1 aromatic carbocycles. The second kappa shape index (κ2) is 6.68. The van der Waals surface area contributed by atoms with E-state index in [2.05, 4.69) is 35.2 Å². The van der Waals surface area contributed by atoms with E-state index in [1.165, 1.54) is 11.1 Å². The minimum absolute atomic E-state index is 0.394. The maximum absolute atomic E-state index is 5.76. The van der Waals surface area contributed by atoms with Crippen LogP contribution in [-0.2, 0) is 6.54 Å². The van der Waals surface area contributed by atoms with Gasteiger partial charge in [-0.15, -0.1) is 0 Å². The van der Waals surface area contributed by atoms with Gasteiger partial charge in [0.15, 0.2) is 0 Å². The van der Waals surface area contributed by atoms with Crippen LogP contribution < -0.4 is 10.1 Å². The quantitative estimate of drug-likeness (QED) is 0.910. The summed E-state index contributed by atoms with van der Waals surface area (Å²) >= 11 is 0. The molecule has 0 radical (unpaired) electrons. The standard InChI is InChI=1S/C17H23N3O/c1-11(2)18-9-15-10-19-17(20-14(15)5)21-16-7-12(3)6-13(4)8-16/h6-8,10-11,18H,9H2,1-5H3. The number of nitrogens with zero attached hydrogens (tertiary/aromatic N) is 2. The Morgan fingerprint density at radius 1 is 1.10 bits per heavy atom. The summed E-state index contributed by atoms with van der Waals surface area (Å²) < 4.78 is 5.76. The predicted molar refractivity (Wildman–Crippen MR) is 84.7 cm³/mol. The van der Waals surface area contributed by atoms with Gasteiger partial charge in [0, 0.05) is 30.0 Å². The van der Waals surface area contributed by atoms with Gasteiger partial charge in [-0.2, -0.15) is 4.98 Å². The first-order valence-electron chi connectivity index (χ1n) is 7.26. The van der Waals surface area contributed by atoms with Gasteiger partial charge in [0.05, 0.1) is 0 Å². The number of nitrogens with one attached hydrogen (secondary N) is 1. The third kappa shape index (κ3) is 4.53. The Labute approximate surface area is 126 Å². The summed E-state index contributed by atoms with van der Waals surface area (Å²) in [5, 5.41) is 3.37. The molecule has 0 amide bonds. The topological polar surface area (TPSA) is 47.0 Å². The molecule has 0 aliphatic rings. The lowest BCUT2D eigenvalue weighted by Gasteiger charge is -2.11. The first-order chi connectivity index (χ1) is 9.94. The van der Waals surface area contributed by atoms with E-state index < -0.39 is 0 Å². The Morgan fingerprint density at radius 2 is 1.76 bits per heavy atom. The van der Waals surface area contributed by atoms with Gasteiger partial charge in [-0.25, -0.2) is 4.98 Å². The fourth-order valence-corrected chi connectivity index (χ4v) is 2.10. The van der Waals surface area contributed by atoms with Gasteiger partial charge in [0.1, 0.15) is 5.75 Å². The molecule has 0 aliphatic carbocycles. The van der Waals surface area contributed by atoms with E-state index in [0.29, 0.717) is 12.1 Å². The Hall–Kier alpha value is -1.94. The van der Waals surface area contributed by atoms with Crippen LogP contribution in [0.3, 0.4) is 0 Å². The molecule has 0 bridgehead atoms. The van der Waals surface area contributed by atoms with Crippen molar-refractivity contribution >= 4 is 0 Å². The maximum Gasteiger partial charge on any atom is 0.322 e. The first-order valence-corrected chi connectivity index (χ1v) is 7.26. The zero-order chi connectivity index (χ0) is 15.4. The molecule has 1 heterocycles. The van der Waals surface area contributed by atoms with Gasteiger partial charge < -0.3 is 10.1 Å². The molecular formula is C17H23N3O. The molecule has 0 atom stereocenters. The molecule has 0 fully saturated rings. The zero-order valence-corrected chi connectivity index (χ0v) is 13.4. The molecule has 0 saturated carbocycles. The Kier molecular flexibility index (Phi) is 4.91. The highest BCUT2D eigenvalue weighted by Gasteiger charge is 2.06. The van der Waals surface area contributed by atoms with Crippen LogP contribution >= 0.6 is 0 Å². The third-order valence-corrected chi connectivity index (χ3v) is 3.16. The number of ether oxygens (including phenoxy) is 1. The van der Waals surface area contributed by atoms with Crippen molar-refractivity contribution in [3.05, 3.63) is 46.8 Å². The average molecular weight is 285 g/mol. The molecule has 0 unspecified atom stereocenters. The highest BCUT2D eigenvalue weighted by atomic mass is 16.5. The lowest BCUT2D eigenvalue weighted by atomic mass is 10.1. The van der Waals surface area contributed by atoms with Gasteiger partial charge >= 0.3 is 6.01 Å². The molecule has 112 valence electrons. The molecule has 2 rings (SSSR count). The Morgan fingerprint density at radius 3 is 2.33 bits per heavy atom. The largest absolute Gasteiger partial charge is 0.424 e. The predicted octanol–water partition coefficient (Wildman–Crippen LogP) is 3.69. The summed E-state index contributed by atoms with van der Waals surface area (Å²) in [4.78, 5) is 8.73. The van der Waals surface area contributed by atoms with Crippen LogP contribution in [0.5, 0.6) is 11.8 Å². The Bertz CT molecular complexity index is 603. The van der Waals surface area contributed by atoms with Crippen LogP contribution in [0, 0.1) is 20.8 Å². The van der Waals surface area contributed by atoms with Crippen molar-refractivity contribution in [3.63, 3.8) is 0 Å². The molecule has 4 nitrogen and oxygen atoms in total. The molecule has 0 spiro atoms. The SMILES string of the molecule is Cc1cc(C)cc(Oc2ncc(CNC(C)C)c(C)n2)c1. The van der Waals surface area contributed by atoms with Gasteiger partial charge in [-0.3, -0.25) is 0 Å². The van der Waals surface area contributed by atoms with Crippen molar-refractivity contribution in [2.24, 2.45) is 0 Å². The maximum atomic E-state index is 5.76. The van der Waals surface area contributed by atoms with Crippen LogP contribution in [0.4, 0.5) is 0 Å². The van der Waals surface area contributed by atoms with Gasteiger partial charge in [0.25, 0.3) is 0 Å². The molecule has 21 heavy (non-hydrogen) atoms. The molecule has 4 heteroatoms. The van der Waals surface area contributed by atoms with Gasteiger partial charge in [-0.05, 0) is 44.0 Å². The van der Waals surface area contributed by atoms with Crippen LogP contribution in [-0.4, -0.2) is 16.0 Å². The van der Waals surface area contributed by atoms with Gasteiger partial charge in [0.2, 0.25) is 0 Å². The third-order valence-electron chi connectivity index (χ3n) is 3.16. The number of hydrogen-bond acceptors (Lipinski definition) is 4. The minimum Gasteiger partial charge on any atom is -0.424 e. The van der Waals surface area contributed by atoms with E-state index in [9.17, 15) is 0 Å². The summed E-state index contributed by atoms with van der Waals surface area (Å²) in [5.74, 6) is 0.778. The Balaban J connectivity index is 2.12. The normalized spacial score (nSPS) is 11.0. The number of benzene rings is 1. The lowest BCUT2D eigenvalue weighted by molar-refractivity contribution is 0.438. The van der Waals surface area contributed by atoms with Crippen LogP contribution in [0.2, 0.25) is 0 Å². The van der Waals surface area contributed by atoms with E-state index in [1.807, 2.05) is 39.1 Å². The van der Waals surface area contributed by atoms with E-state index in [4.69, 9.17) is 4.74 Å². The summed E-state index contributed by atoms with van der Waals surface area (Å²) in [6, 6.07) is 6.92. The van der Waals surface area contributed by atoms with Crippen molar-refractivity contribution in [2.75, 3.05) is 0 Å². The summed E-state index contributed by atoms with van der Waals surface area (Å²) in [6.45, 7) is 11.1. The van der Waals surface area contributed by atoms with Crippen LogP contribution in [0.25, 0.3) is 0 Å². The average Bonchev–Trinajstić information content (AvgIpc) is 2.36. The summed E-state index contributed by atoms with van der Waals surface area (Å²) in [6.07, 6.45) is 1.83. The molecule has 1 aromatic heterocycles. The number of hydrogen-bond donors (Lipinski definition) is 1. The van der Waals surface area contributed by atoms with Crippen LogP contribution in [0.1, 0.15) is 36.2 Å². The zero-order valence-electron chi connectivity index (χ0n) is 13.4. The second-order valence-corrected chi connectivity index (χ2v) is 5.72. The smallest absolute Gasteiger partial charge is 0.322 e. The molecule has 1 N–H and O–H groups in total. The lowest BCUT2D eigenvalue weighted by Crippen LogP contribution is -2.22. The highest BCUT2D eigenvalue weighted by molar-refractivity contribution is 5.34. The number of rotatable bonds is 5. The molecule has 0 saturated heterocycles. The van der Waals surface area contributed by atoms with E-state index >= 15 is 0 Å². The van der Waals surface area contributed by atoms with Crippen molar-refractivity contribution in [1.82, 2.24) is 15.3 Å². The van der Waals surface area contributed by atoms with Crippen LogP contribution in [0.15, 0.2) is 24.4 Å². The van der Waals surface area contributed by atoms with Crippen molar-refractivity contribution in [2.45, 2.75) is 47.2 Å². The van der Waals surface area contributed by atoms with E-state index in [0.717, 1.165) is 23.6 Å². The van der Waals surface area contributed by atoms with Crippen molar-refractivity contribution in [1.29, 1.82) is 0 Å². The summed E-state index contributed by atoms with van der Waals surface area (Å²) in [5.41, 5.74) is 4.37. The molecule has 2 aromatic rings. The van der Waals surface area contributed by atoms with Crippen molar-refractivity contribution < 1.29 is 4.74 Å². The molecular weight excluding hydrogens is 262 g/mol.